The second-order valence-corrected chi connectivity index (χ2v) is 27.1. The number of rotatable bonds is 11. The van der Waals surface area contributed by atoms with Gasteiger partial charge in [0, 0.05) is 68.8 Å². The summed E-state index contributed by atoms with van der Waals surface area (Å²) in [7, 11) is 0.931. The fourth-order valence-electron chi connectivity index (χ4n) is 12.3. The molecule has 2 unspecified atom stereocenters. The van der Waals surface area contributed by atoms with Crippen molar-refractivity contribution in [1.29, 1.82) is 0 Å². The second kappa shape index (κ2) is 18.0. The lowest BCUT2D eigenvalue weighted by Crippen LogP contribution is -2.64. The van der Waals surface area contributed by atoms with Crippen LogP contribution in [0.3, 0.4) is 0 Å². The van der Waals surface area contributed by atoms with Gasteiger partial charge in [-0.3, -0.25) is 9.58 Å². The number of alkyl halides is 1. The molecule has 5 aliphatic rings. The number of hydrogen-bond donors (Lipinski definition) is 0. The minimum Gasteiger partial charge on any atom is -0.468 e. The van der Waals surface area contributed by atoms with E-state index in [1.165, 1.54) is 13.2 Å². The highest BCUT2D eigenvalue weighted by atomic mass is 28.3. The number of carbonyl (C=O) groups excluding carboxylic acids is 1. The number of nitrogens with zero attached hydrogens (tertiary/aromatic N) is 7. The maximum Gasteiger partial charge on any atom is 0.410 e. The minimum atomic E-state index is -2.37. The lowest BCUT2D eigenvalue weighted by molar-refractivity contribution is 0.000785. The van der Waals surface area contributed by atoms with Gasteiger partial charge < -0.3 is 28.7 Å². The monoisotopic (exact) mass is 953 g/mol. The molecule has 5 saturated heterocycles. The van der Waals surface area contributed by atoms with Gasteiger partial charge in [-0.25, -0.2) is 18.0 Å². The number of piperidine rings is 2. The van der Waals surface area contributed by atoms with Crippen LogP contribution >= 0.6 is 0 Å². The van der Waals surface area contributed by atoms with E-state index in [2.05, 4.69) is 62.8 Å². The number of piperazine rings is 1. The highest BCUT2D eigenvalue weighted by Gasteiger charge is 2.50. The lowest BCUT2D eigenvalue weighted by Gasteiger charge is -2.51. The summed E-state index contributed by atoms with van der Waals surface area (Å²) in [6, 6.07) is 6.17. The molecule has 4 atom stereocenters. The Morgan fingerprint density at radius 3 is 2.37 bits per heavy atom. The normalized spacial score (nSPS) is 22.0. The molecule has 0 radical (unpaired) electrons. The average Bonchev–Trinajstić information content (AvgIpc) is 3.95. The van der Waals surface area contributed by atoms with Crippen molar-refractivity contribution in [3.8, 4) is 34.4 Å². The van der Waals surface area contributed by atoms with Crippen LogP contribution in [0.15, 0.2) is 30.5 Å². The van der Waals surface area contributed by atoms with E-state index in [-0.39, 0.29) is 70.9 Å². The summed E-state index contributed by atoms with van der Waals surface area (Å²) in [5, 5.41) is 6.98. The van der Waals surface area contributed by atoms with Crippen molar-refractivity contribution in [3.63, 3.8) is 0 Å². The number of methoxy groups -OCH3 is 1. The Hall–Kier alpha value is -5.11. The fourth-order valence-corrected chi connectivity index (χ4v) is 17.5. The summed E-state index contributed by atoms with van der Waals surface area (Å²) in [5.74, 6) is 3.01. The number of amides is 1. The predicted octanol–water partition coefficient (Wildman–Crippen LogP) is 10.7. The summed E-state index contributed by atoms with van der Waals surface area (Å²) < 4.78 is 75.7. The van der Waals surface area contributed by atoms with Gasteiger partial charge in [-0.15, -0.1) is 5.54 Å². The van der Waals surface area contributed by atoms with Crippen molar-refractivity contribution in [3.05, 3.63) is 47.7 Å². The summed E-state index contributed by atoms with van der Waals surface area (Å²) in [6.45, 7) is 20.8. The van der Waals surface area contributed by atoms with Gasteiger partial charge in [0.25, 0.3) is 0 Å². The SMILES string of the molecule is COCOc1cc(-c2c(F)c3nc(OC[C@@]45CCCN4C[C@H](F)C5)nc(N4CC5CCC4CN5C(=O)OC(C)(C)C)c3c3cn(C)nc23)c2c(C#C[Si](C(C)C)(C(C)C)C(C)C)c(F)ccc2c1. The van der Waals surface area contributed by atoms with Crippen LogP contribution in [-0.4, -0.2) is 120 Å². The van der Waals surface area contributed by atoms with Crippen molar-refractivity contribution < 1.29 is 36.9 Å². The predicted molar refractivity (Wildman–Crippen MR) is 263 cm³/mol. The molecule has 5 fully saturated rings. The highest BCUT2D eigenvalue weighted by Crippen LogP contribution is 2.48. The number of fused-ring (bicyclic) bond motifs is 8. The maximum absolute atomic E-state index is 18.6. The van der Waals surface area contributed by atoms with Gasteiger partial charge in [-0.05, 0) is 98.8 Å². The third-order valence-corrected chi connectivity index (χ3v) is 21.5. The molecule has 1 amide bonds. The Labute approximate surface area is 398 Å². The van der Waals surface area contributed by atoms with E-state index in [1.54, 1.807) is 34.8 Å². The lowest BCUT2D eigenvalue weighted by atomic mass is 9.89. The molecule has 16 heteroatoms. The molecule has 0 aliphatic carbocycles. The van der Waals surface area contributed by atoms with Crippen LogP contribution in [0.4, 0.5) is 23.8 Å². The number of halogens is 3. The van der Waals surface area contributed by atoms with Gasteiger partial charge in [0.1, 0.15) is 54.9 Å². The molecular weight excluding hydrogens is 888 g/mol. The molecule has 3 aromatic carbocycles. The van der Waals surface area contributed by atoms with Crippen LogP contribution in [0.2, 0.25) is 16.6 Å². The Balaban J connectivity index is 1.29. The molecular formula is C52H66F3N7O5Si. The molecule has 364 valence electrons. The Bertz CT molecular complexity index is 2820. The van der Waals surface area contributed by atoms with Crippen molar-refractivity contribution in [2.45, 2.75) is 140 Å². The zero-order chi connectivity index (χ0) is 48.6. The zero-order valence-electron chi connectivity index (χ0n) is 41.4. The van der Waals surface area contributed by atoms with E-state index >= 15 is 13.2 Å². The first-order valence-corrected chi connectivity index (χ1v) is 26.5. The molecule has 2 aromatic heterocycles. The van der Waals surface area contributed by atoms with E-state index in [0.29, 0.717) is 70.2 Å². The third-order valence-electron chi connectivity index (χ3n) is 15.2. The number of aromatic nitrogens is 4. The van der Waals surface area contributed by atoms with Crippen LogP contribution in [-0.2, 0) is 16.5 Å². The standard InChI is InChI=1S/C52H66F3N7O5Si/c1-30(2)68(31(3)4,32(5)6)20-17-38-41(54)16-13-33-21-37(66-29-64-11)22-39(42(33)38)43-45(55)47-44(40-27-59(10)58-46(40)43)48(57-49(56-47)65-28-52-18-12-19-60(52)24-34(53)23-52)61-25-36-15-14-35(61)26-62(36)50(63)67-51(7,8)9/h13,16,21-22,27,30-32,34-36H,12,14-15,18-19,23-26,28-29H2,1-11H3/t34-,35?,36?,52+/m1/s1. The van der Waals surface area contributed by atoms with Crippen LogP contribution in [0.5, 0.6) is 11.8 Å². The molecule has 7 heterocycles. The smallest absolute Gasteiger partial charge is 0.410 e. The van der Waals surface area contributed by atoms with E-state index in [4.69, 9.17) is 34.0 Å². The number of anilines is 1. The summed E-state index contributed by atoms with van der Waals surface area (Å²) in [5.41, 5.74) is 4.31. The quantitative estimate of drug-likeness (QED) is 0.0722. The Morgan fingerprint density at radius 2 is 1.69 bits per heavy atom. The second-order valence-electron chi connectivity index (χ2n) is 21.5. The number of ether oxygens (including phenoxy) is 4. The van der Waals surface area contributed by atoms with Crippen molar-refractivity contribution >= 4 is 52.6 Å². The van der Waals surface area contributed by atoms with Crippen molar-refractivity contribution in [2.24, 2.45) is 7.05 Å². The first-order chi connectivity index (χ1) is 32.2. The summed E-state index contributed by atoms with van der Waals surface area (Å²) >= 11 is 0. The van der Waals surface area contributed by atoms with Crippen LogP contribution < -0.4 is 14.4 Å². The van der Waals surface area contributed by atoms with Crippen molar-refractivity contribution in [2.75, 3.05) is 51.6 Å². The first-order valence-electron chi connectivity index (χ1n) is 24.3. The molecule has 5 aliphatic heterocycles. The molecule has 0 spiro atoms. The fraction of sp³-hybridized carbons (Fsp3) is 0.577. The van der Waals surface area contributed by atoms with E-state index < -0.39 is 37.0 Å². The van der Waals surface area contributed by atoms with E-state index in [0.717, 1.165) is 32.2 Å². The van der Waals surface area contributed by atoms with Gasteiger partial charge >= 0.3 is 12.1 Å². The molecule has 10 rings (SSSR count). The van der Waals surface area contributed by atoms with Gasteiger partial charge in [0.05, 0.1) is 22.5 Å². The summed E-state index contributed by atoms with van der Waals surface area (Å²) in [4.78, 5) is 29.7. The van der Waals surface area contributed by atoms with Crippen molar-refractivity contribution in [1.82, 2.24) is 29.5 Å². The van der Waals surface area contributed by atoms with Crippen LogP contribution in [0.25, 0.3) is 43.7 Å². The molecule has 0 saturated carbocycles. The van der Waals surface area contributed by atoms with Gasteiger partial charge in [0.2, 0.25) is 0 Å². The first kappa shape index (κ1) is 47.9. The van der Waals surface area contributed by atoms with Gasteiger partial charge in [0.15, 0.2) is 12.6 Å². The summed E-state index contributed by atoms with van der Waals surface area (Å²) in [6.07, 6.45) is 4.05. The largest absolute Gasteiger partial charge is 0.468 e. The molecule has 5 aromatic rings. The average molecular weight is 954 g/mol. The Morgan fingerprint density at radius 1 is 0.956 bits per heavy atom. The molecule has 68 heavy (non-hydrogen) atoms. The van der Waals surface area contributed by atoms with Gasteiger partial charge in [-0.2, -0.15) is 15.1 Å². The molecule has 2 bridgehead atoms. The number of carbonyl (C=O) groups is 1. The Kier molecular flexibility index (Phi) is 12.7. The number of hydrogen-bond acceptors (Lipinski definition) is 10. The van der Waals surface area contributed by atoms with Crippen LogP contribution in [0.1, 0.15) is 100.0 Å². The number of benzene rings is 3. The molecule has 0 N–H and O–H groups in total. The van der Waals surface area contributed by atoms with E-state index in [1.807, 2.05) is 27.0 Å². The van der Waals surface area contributed by atoms with Crippen LogP contribution in [0, 0.1) is 23.1 Å². The molecule has 12 nitrogen and oxygen atoms in total. The van der Waals surface area contributed by atoms with Gasteiger partial charge in [-0.1, -0.05) is 53.5 Å². The zero-order valence-corrected chi connectivity index (χ0v) is 42.4. The number of aryl methyl sites for hydroxylation is 1. The van der Waals surface area contributed by atoms with E-state index in [9.17, 15) is 4.79 Å². The topological polar surface area (TPSA) is 107 Å². The third kappa shape index (κ3) is 8.33. The maximum atomic E-state index is 18.6. The minimum absolute atomic E-state index is 0.00670. The highest BCUT2D eigenvalue weighted by molar-refractivity contribution is 6.90.